The number of hydrogen-bond acceptors (Lipinski definition) is 4. The minimum Gasteiger partial charge on any atom is -0.382 e. The molecule has 23 heavy (non-hydrogen) atoms. The second-order valence-electron chi connectivity index (χ2n) is 5.29. The first kappa shape index (κ1) is 19.6. The molecule has 1 amide bonds. The van der Waals surface area contributed by atoms with E-state index >= 15 is 0 Å². The van der Waals surface area contributed by atoms with Crippen LogP contribution in [-0.2, 0) is 19.6 Å². The third-order valence-electron chi connectivity index (χ3n) is 3.42. The molecule has 1 aromatic rings. The lowest BCUT2D eigenvalue weighted by Gasteiger charge is -2.09. The molecule has 0 unspecified atom stereocenters. The van der Waals surface area contributed by atoms with Crippen molar-refractivity contribution in [2.24, 2.45) is 0 Å². The summed E-state index contributed by atoms with van der Waals surface area (Å²) in [5.41, 5.74) is 1.95. The lowest BCUT2D eigenvalue weighted by Crippen LogP contribution is -2.31. The SMILES string of the molecule is CCOCCCNC(=O)CCNS(=O)(=O)c1ccc(C)c(C)c1. The minimum absolute atomic E-state index is 0.0759. The third-order valence-corrected chi connectivity index (χ3v) is 4.88. The number of benzene rings is 1. The van der Waals surface area contributed by atoms with E-state index < -0.39 is 10.0 Å². The van der Waals surface area contributed by atoms with Crippen LogP contribution >= 0.6 is 0 Å². The second-order valence-corrected chi connectivity index (χ2v) is 7.06. The summed E-state index contributed by atoms with van der Waals surface area (Å²) in [6.45, 7) is 7.58. The Labute approximate surface area is 138 Å². The highest BCUT2D eigenvalue weighted by molar-refractivity contribution is 7.89. The van der Waals surface area contributed by atoms with Crippen LogP contribution in [-0.4, -0.2) is 40.6 Å². The van der Waals surface area contributed by atoms with Crippen LogP contribution in [0, 0.1) is 13.8 Å². The Balaban J connectivity index is 2.36. The molecule has 0 aliphatic heterocycles. The molecule has 0 aromatic heterocycles. The van der Waals surface area contributed by atoms with Gasteiger partial charge in [-0.1, -0.05) is 6.07 Å². The molecule has 1 aromatic carbocycles. The Hall–Kier alpha value is -1.44. The molecule has 0 aliphatic rings. The number of aryl methyl sites for hydroxylation is 2. The quantitative estimate of drug-likeness (QED) is 0.631. The van der Waals surface area contributed by atoms with Gasteiger partial charge in [-0.2, -0.15) is 0 Å². The molecule has 7 heteroatoms. The minimum atomic E-state index is -3.58. The normalized spacial score (nSPS) is 11.4. The van der Waals surface area contributed by atoms with Crippen LogP contribution in [0.2, 0.25) is 0 Å². The Kier molecular flexibility index (Phi) is 8.22. The Morgan fingerprint density at radius 2 is 1.91 bits per heavy atom. The zero-order chi connectivity index (χ0) is 17.3. The number of carbonyl (C=O) groups excluding carboxylic acids is 1. The number of nitrogens with one attached hydrogen (secondary N) is 2. The summed E-state index contributed by atoms with van der Waals surface area (Å²) >= 11 is 0. The van der Waals surface area contributed by atoms with Gasteiger partial charge in [0, 0.05) is 32.7 Å². The van der Waals surface area contributed by atoms with Crippen molar-refractivity contribution in [2.45, 2.75) is 38.5 Å². The first-order valence-corrected chi connectivity index (χ1v) is 9.26. The largest absolute Gasteiger partial charge is 0.382 e. The van der Waals surface area contributed by atoms with Gasteiger partial charge >= 0.3 is 0 Å². The van der Waals surface area contributed by atoms with Crippen molar-refractivity contribution < 1.29 is 17.9 Å². The predicted molar refractivity (Wildman–Crippen MR) is 89.8 cm³/mol. The zero-order valence-corrected chi connectivity index (χ0v) is 14.8. The molecule has 0 aliphatic carbocycles. The van der Waals surface area contributed by atoms with Crippen LogP contribution in [0.3, 0.4) is 0 Å². The maximum atomic E-state index is 12.2. The highest BCUT2D eigenvalue weighted by Crippen LogP contribution is 2.14. The van der Waals surface area contributed by atoms with E-state index in [1.165, 1.54) is 0 Å². The number of hydrogen-bond donors (Lipinski definition) is 2. The van der Waals surface area contributed by atoms with E-state index in [0.717, 1.165) is 17.5 Å². The van der Waals surface area contributed by atoms with E-state index in [9.17, 15) is 13.2 Å². The van der Waals surface area contributed by atoms with E-state index in [-0.39, 0.29) is 23.8 Å². The topological polar surface area (TPSA) is 84.5 Å². The molecule has 0 spiro atoms. The summed E-state index contributed by atoms with van der Waals surface area (Å²) in [5.74, 6) is -0.177. The maximum absolute atomic E-state index is 12.2. The van der Waals surface area contributed by atoms with Crippen LogP contribution < -0.4 is 10.0 Å². The summed E-state index contributed by atoms with van der Waals surface area (Å²) in [7, 11) is -3.58. The lowest BCUT2D eigenvalue weighted by atomic mass is 10.1. The van der Waals surface area contributed by atoms with E-state index in [0.29, 0.717) is 19.8 Å². The monoisotopic (exact) mass is 342 g/mol. The summed E-state index contributed by atoms with van der Waals surface area (Å²) < 4.78 is 31.9. The molecule has 2 N–H and O–H groups in total. The molecule has 6 nitrogen and oxygen atoms in total. The van der Waals surface area contributed by atoms with Gasteiger partial charge < -0.3 is 10.1 Å². The fraction of sp³-hybridized carbons (Fsp3) is 0.562. The van der Waals surface area contributed by atoms with Crippen LogP contribution in [0.4, 0.5) is 0 Å². The van der Waals surface area contributed by atoms with E-state index in [1.807, 2.05) is 20.8 Å². The maximum Gasteiger partial charge on any atom is 0.240 e. The van der Waals surface area contributed by atoms with Crippen LogP contribution in [0.15, 0.2) is 23.1 Å². The van der Waals surface area contributed by atoms with Crippen molar-refractivity contribution >= 4 is 15.9 Å². The molecular weight excluding hydrogens is 316 g/mol. The average Bonchev–Trinajstić information content (AvgIpc) is 2.49. The number of amides is 1. The number of rotatable bonds is 10. The van der Waals surface area contributed by atoms with Crippen LogP contribution in [0.1, 0.15) is 30.9 Å². The van der Waals surface area contributed by atoms with E-state index in [1.54, 1.807) is 18.2 Å². The third kappa shape index (κ3) is 7.11. The van der Waals surface area contributed by atoms with Crippen molar-refractivity contribution in [3.63, 3.8) is 0 Å². The molecule has 0 bridgehead atoms. The van der Waals surface area contributed by atoms with Gasteiger partial charge in [0.25, 0.3) is 0 Å². The van der Waals surface area contributed by atoms with Crippen LogP contribution in [0.5, 0.6) is 0 Å². The fourth-order valence-corrected chi connectivity index (χ4v) is 3.01. The fourth-order valence-electron chi connectivity index (χ4n) is 1.90. The van der Waals surface area contributed by atoms with E-state index in [2.05, 4.69) is 10.0 Å². The molecule has 0 fully saturated rings. The lowest BCUT2D eigenvalue weighted by molar-refractivity contribution is -0.120. The first-order valence-electron chi connectivity index (χ1n) is 7.78. The number of sulfonamides is 1. The molecule has 0 saturated heterocycles. The average molecular weight is 342 g/mol. The standard InChI is InChI=1S/C16H26N2O4S/c1-4-22-11-5-9-17-16(19)8-10-18-23(20,21)15-7-6-13(2)14(3)12-15/h6-7,12,18H,4-5,8-11H2,1-3H3,(H,17,19). The smallest absolute Gasteiger partial charge is 0.240 e. The van der Waals surface area contributed by atoms with Crippen molar-refractivity contribution in [1.82, 2.24) is 10.0 Å². The van der Waals surface area contributed by atoms with Gasteiger partial charge in [0.05, 0.1) is 4.90 Å². The predicted octanol–water partition coefficient (Wildman–Crippen LogP) is 1.51. The molecule has 0 atom stereocenters. The Bertz CT molecular complexity index is 615. The van der Waals surface area contributed by atoms with Gasteiger partial charge in [-0.05, 0) is 50.5 Å². The van der Waals surface area contributed by atoms with Crippen LogP contribution in [0.25, 0.3) is 0 Å². The first-order chi connectivity index (χ1) is 10.9. The molecule has 130 valence electrons. The van der Waals surface area contributed by atoms with Gasteiger partial charge in [0.1, 0.15) is 0 Å². The Morgan fingerprint density at radius 3 is 2.57 bits per heavy atom. The highest BCUT2D eigenvalue weighted by Gasteiger charge is 2.14. The van der Waals surface area contributed by atoms with Gasteiger partial charge in [0.2, 0.25) is 15.9 Å². The van der Waals surface area contributed by atoms with Gasteiger partial charge in [-0.3, -0.25) is 4.79 Å². The molecule has 1 rings (SSSR count). The summed E-state index contributed by atoms with van der Waals surface area (Å²) in [6.07, 6.45) is 0.854. The number of ether oxygens (including phenoxy) is 1. The molecule has 0 saturated carbocycles. The summed E-state index contributed by atoms with van der Waals surface area (Å²) in [5, 5.41) is 2.73. The molecular formula is C16H26N2O4S. The number of carbonyl (C=O) groups is 1. The van der Waals surface area contributed by atoms with E-state index in [4.69, 9.17) is 4.74 Å². The van der Waals surface area contributed by atoms with Gasteiger partial charge in [0.15, 0.2) is 0 Å². The van der Waals surface area contributed by atoms with Crippen molar-refractivity contribution in [3.05, 3.63) is 29.3 Å². The van der Waals surface area contributed by atoms with Crippen molar-refractivity contribution in [1.29, 1.82) is 0 Å². The van der Waals surface area contributed by atoms with Crippen molar-refractivity contribution in [3.8, 4) is 0 Å². The second kappa shape index (κ2) is 9.64. The highest BCUT2D eigenvalue weighted by atomic mass is 32.2. The molecule has 0 heterocycles. The van der Waals surface area contributed by atoms with Crippen molar-refractivity contribution in [2.75, 3.05) is 26.3 Å². The van der Waals surface area contributed by atoms with Gasteiger partial charge in [-0.15, -0.1) is 0 Å². The summed E-state index contributed by atoms with van der Waals surface area (Å²) in [4.78, 5) is 11.8. The Morgan fingerprint density at radius 1 is 1.17 bits per heavy atom. The van der Waals surface area contributed by atoms with Gasteiger partial charge in [-0.25, -0.2) is 13.1 Å². The zero-order valence-electron chi connectivity index (χ0n) is 14.0. The molecule has 0 radical (unpaired) electrons. The summed E-state index contributed by atoms with van der Waals surface area (Å²) in [6, 6.07) is 4.97.